The summed E-state index contributed by atoms with van der Waals surface area (Å²) in [5.74, 6) is -4.10. The van der Waals surface area contributed by atoms with Crippen molar-refractivity contribution in [1.82, 2.24) is 31.5 Å². The molecule has 6 amide bonds. The number of carbonyl (C=O) groups is 7. The van der Waals surface area contributed by atoms with Gasteiger partial charge in [-0.05, 0) is 74.7 Å². The Balaban J connectivity index is 3.21. The SMILES string of the molecule is CCC(=O)N[C@H](C(=O)N[C@@H](CCCCN)C(=O)NCC(=O)Nc1cccc(C(C)(C)[C@H](NC)C(=O)N[C@H](C(=O)N(C)[C@H](/C=C(\C)C(=O)O)C(C)C)C(C)(C)C)c1)C(C)C. The zero-order valence-electron chi connectivity index (χ0n) is 37.5. The van der Waals surface area contributed by atoms with E-state index < -0.39 is 77.2 Å². The molecule has 0 radical (unpaired) electrons. The average molecular weight is 829 g/mol. The number of carboxylic acids is 1. The predicted molar refractivity (Wildman–Crippen MR) is 230 cm³/mol. The minimum Gasteiger partial charge on any atom is -0.478 e. The Hall–Kier alpha value is -4.83. The highest BCUT2D eigenvalue weighted by atomic mass is 16.4. The molecule has 0 saturated heterocycles. The first-order chi connectivity index (χ1) is 27.3. The van der Waals surface area contributed by atoms with E-state index in [1.165, 1.54) is 11.8 Å². The van der Waals surface area contributed by atoms with Crippen LogP contribution in [-0.4, -0.2) is 109 Å². The average Bonchev–Trinajstić information content (AvgIpc) is 3.15. The molecule has 0 aliphatic rings. The summed E-state index contributed by atoms with van der Waals surface area (Å²) in [6, 6.07) is 2.82. The van der Waals surface area contributed by atoms with E-state index in [2.05, 4.69) is 31.9 Å². The molecule has 16 heteroatoms. The molecular formula is C43H72N8O8. The van der Waals surface area contributed by atoms with Crippen molar-refractivity contribution in [3.63, 3.8) is 0 Å². The zero-order valence-corrected chi connectivity index (χ0v) is 37.5. The van der Waals surface area contributed by atoms with Crippen LogP contribution < -0.4 is 37.6 Å². The quantitative estimate of drug-likeness (QED) is 0.0593. The lowest BCUT2D eigenvalue weighted by Gasteiger charge is -2.40. The van der Waals surface area contributed by atoms with E-state index in [0.29, 0.717) is 30.6 Å². The van der Waals surface area contributed by atoms with Crippen molar-refractivity contribution in [2.45, 2.75) is 137 Å². The lowest BCUT2D eigenvalue weighted by atomic mass is 9.76. The van der Waals surface area contributed by atoms with Gasteiger partial charge in [0.1, 0.15) is 18.1 Å². The van der Waals surface area contributed by atoms with Gasteiger partial charge in [-0.1, -0.05) is 87.4 Å². The summed E-state index contributed by atoms with van der Waals surface area (Å²) < 4.78 is 0. The number of aliphatic carboxylic acids is 1. The van der Waals surface area contributed by atoms with Crippen LogP contribution in [0.1, 0.15) is 107 Å². The lowest BCUT2D eigenvalue weighted by molar-refractivity contribution is -0.141. The number of anilines is 1. The molecule has 0 heterocycles. The van der Waals surface area contributed by atoms with E-state index in [0.717, 1.165) is 0 Å². The molecule has 0 aliphatic carbocycles. The first-order valence-electron chi connectivity index (χ1n) is 20.5. The van der Waals surface area contributed by atoms with E-state index in [4.69, 9.17) is 5.73 Å². The highest BCUT2D eigenvalue weighted by molar-refractivity contribution is 5.97. The van der Waals surface area contributed by atoms with Gasteiger partial charge in [0.05, 0.1) is 18.6 Å². The summed E-state index contributed by atoms with van der Waals surface area (Å²) in [6.07, 6.45) is 3.21. The molecule has 0 unspecified atom stereocenters. The second-order valence-corrected chi connectivity index (χ2v) is 17.4. The lowest BCUT2D eigenvalue weighted by Crippen LogP contribution is -2.61. The van der Waals surface area contributed by atoms with Crippen molar-refractivity contribution < 1.29 is 38.7 Å². The fraction of sp³-hybridized carbons (Fsp3) is 0.651. The number of likely N-dealkylation sites (N-methyl/N-ethyl adjacent to an activating group) is 2. The number of unbranched alkanes of at least 4 members (excludes halogenated alkanes) is 1. The number of benzene rings is 1. The monoisotopic (exact) mass is 829 g/mol. The maximum Gasteiger partial charge on any atom is 0.331 e. The highest BCUT2D eigenvalue weighted by Gasteiger charge is 2.42. The summed E-state index contributed by atoms with van der Waals surface area (Å²) >= 11 is 0. The molecule has 0 spiro atoms. The topological polar surface area (TPSA) is 241 Å². The van der Waals surface area contributed by atoms with Crippen LogP contribution in [0.5, 0.6) is 0 Å². The molecule has 1 rings (SSSR count). The van der Waals surface area contributed by atoms with Crippen molar-refractivity contribution in [2.24, 2.45) is 23.0 Å². The molecule has 332 valence electrons. The van der Waals surface area contributed by atoms with Gasteiger partial charge in [-0.15, -0.1) is 0 Å². The third-order valence-corrected chi connectivity index (χ3v) is 10.4. The standard InChI is InChI=1S/C43H72N8O8/c1-14-32(52)49-34(26(4)5)38(55)48-30(20-15-16-21-44)37(54)46-24-33(53)47-29-19-17-18-28(23-29)43(10,11)35(45-12)39(56)50-36(42(7,8)9)40(57)51(13)31(25(2)3)22-27(6)41(58)59/h17-19,22-23,25-26,30-31,34-36,45H,14-16,20-21,24,44H2,1-13H3,(H,46,54)(H,47,53)(H,48,55)(H,49,52)(H,50,56)(H,58,59)/b27-22+/t30-,31+,34-,35+,36+/m0/s1. The Morgan fingerprint density at radius 2 is 1.47 bits per heavy atom. The Morgan fingerprint density at radius 1 is 0.847 bits per heavy atom. The normalized spacial score (nSPS) is 14.7. The van der Waals surface area contributed by atoms with Crippen LogP contribution >= 0.6 is 0 Å². The van der Waals surface area contributed by atoms with E-state index in [1.807, 2.05) is 54.5 Å². The van der Waals surface area contributed by atoms with Crippen LogP contribution in [0.15, 0.2) is 35.9 Å². The number of hydrogen-bond donors (Lipinski definition) is 8. The van der Waals surface area contributed by atoms with Gasteiger partial charge >= 0.3 is 5.97 Å². The minimum atomic E-state index is -1.08. The van der Waals surface area contributed by atoms with Gasteiger partial charge in [0.25, 0.3) is 0 Å². The number of nitrogens with one attached hydrogen (secondary N) is 6. The number of nitrogens with zero attached hydrogens (tertiary/aromatic N) is 1. The Bertz CT molecular complexity index is 1650. The Morgan fingerprint density at radius 3 is 1.98 bits per heavy atom. The van der Waals surface area contributed by atoms with Crippen molar-refractivity contribution in [3.05, 3.63) is 41.5 Å². The van der Waals surface area contributed by atoms with E-state index in [-0.39, 0.29) is 42.1 Å². The number of nitrogens with two attached hydrogens (primary N) is 1. The maximum absolute atomic E-state index is 14.1. The number of carbonyl (C=O) groups excluding carboxylic acids is 6. The fourth-order valence-electron chi connectivity index (χ4n) is 6.62. The molecule has 1 aromatic carbocycles. The van der Waals surface area contributed by atoms with Crippen LogP contribution in [0, 0.1) is 17.3 Å². The van der Waals surface area contributed by atoms with Crippen LogP contribution in [0.4, 0.5) is 5.69 Å². The van der Waals surface area contributed by atoms with Gasteiger partial charge in [-0.25, -0.2) is 4.79 Å². The molecule has 16 nitrogen and oxygen atoms in total. The highest BCUT2D eigenvalue weighted by Crippen LogP contribution is 2.31. The third kappa shape index (κ3) is 16.0. The van der Waals surface area contributed by atoms with Crippen molar-refractivity contribution >= 4 is 47.1 Å². The third-order valence-electron chi connectivity index (χ3n) is 10.4. The van der Waals surface area contributed by atoms with Crippen LogP contribution in [-0.2, 0) is 39.0 Å². The molecule has 1 aromatic rings. The number of rotatable bonds is 23. The van der Waals surface area contributed by atoms with Crippen molar-refractivity contribution in [2.75, 3.05) is 32.5 Å². The van der Waals surface area contributed by atoms with Crippen LogP contribution in [0.3, 0.4) is 0 Å². The molecule has 0 aromatic heterocycles. The molecular weight excluding hydrogens is 757 g/mol. The van der Waals surface area contributed by atoms with Gasteiger partial charge in [0.15, 0.2) is 0 Å². The van der Waals surface area contributed by atoms with E-state index in [1.54, 1.807) is 59.1 Å². The first kappa shape index (κ1) is 52.2. The van der Waals surface area contributed by atoms with Crippen LogP contribution in [0.2, 0.25) is 0 Å². The maximum atomic E-state index is 14.1. The Kier molecular flexibility index (Phi) is 20.9. The fourth-order valence-corrected chi connectivity index (χ4v) is 6.62. The second kappa shape index (κ2) is 23.7. The summed E-state index contributed by atoms with van der Waals surface area (Å²) in [5, 5.41) is 26.4. The summed E-state index contributed by atoms with van der Waals surface area (Å²) in [6.45, 7) is 19.8. The van der Waals surface area contributed by atoms with Crippen molar-refractivity contribution in [3.8, 4) is 0 Å². The summed E-state index contributed by atoms with van der Waals surface area (Å²) in [5.41, 5.74) is 5.27. The largest absolute Gasteiger partial charge is 0.478 e. The van der Waals surface area contributed by atoms with Crippen LogP contribution in [0.25, 0.3) is 0 Å². The predicted octanol–water partition coefficient (Wildman–Crippen LogP) is 2.82. The number of carboxylic acid groups (broad SMARTS) is 1. The molecule has 9 N–H and O–H groups in total. The zero-order chi connectivity index (χ0) is 45.4. The van der Waals surface area contributed by atoms with Gasteiger partial charge in [-0.3, -0.25) is 28.8 Å². The summed E-state index contributed by atoms with van der Waals surface area (Å²) in [7, 11) is 3.25. The second-order valence-electron chi connectivity index (χ2n) is 17.4. The first-order valence-corrected chi connectivity index (χ1v) is 20.5. The smallest absolute Gasteiger partial charge is 0.331 e. The van der Waals surface area contributed by atoms with Gasteiger partial charge in [0, 0.05) is 30.1 Å². The van der Waals surface area contributed by atoms with Gasteiger partial charge in [0.2, 0.25) is 35.4 Å². The molecule has 5 atom stereocenters. The minimum absolute atomic E-state index is 0.108. The van der Waals surface area contributed by atoms with Gasteiger partial charge in [-0.2, -0.15) is 0 Å². The van der Waals surface area contributed by atoms with E-state index >= 15 is 0 Å². The molecule has 0 fully saturated rings. The molecule has 0 saturated carbocycles. The van der Waals surface area contributed by atoms with Crippen molar-refractivity contribution in [1.29, 1.82) is 0 Å². The van der Waals surface area contributed by atoms with Gasteiger partial charge < -0.3 is 47.6 Å². The number of hydrogen-bond acceptors (Lipinski definition) is 9. The molecule has 59 heavy (non-hydrogen) atoms. The number of amides is 6. The Labute approximate surface area is 351 Å². The summed E-state index contributed by atoms with van der Waals surface area (Å²) in [4.78, 5) is 92.9. The molecule has 0 bridgehead atoms. The van der Waals surface area contributed by atoms with E-state index in [9.17, 15) is 38.7 Å². The molecule has 0 aliphatic heterocycles.